The van der Waals surface area contributed by atoms with Gasteiger partial charge in [0.05, 0.1) is 0 Å². The first-order chi connectivity index (χ1) is 7.41. The number of hydrogen-bond acceptors (Lipinski definition) is 2. The summed E-state index contributed by atoms with van der Waals surface area (Å²) in [6.45, 7) is 6.90. The number of amides is 1. The van der Waals surface area contributed by atoms with Crippen molar-refractivity contribution < 1.29 is 4.79 Å². The average molecular weight is 243 g/mol. The van der Waals surface area contributed by atoms with E-state index in [1.54, 1.807) is 0 Å². The number of hydrazone groups is 1. The highest BCUT2D eigenvalue weighted by Gasteiger charge is 2.59. The monoisotopic (exact) mass is 242 g/mol. The molecule has 1 N–H and O–H groups in total. The number of alkyl halides is 1. The van der Waals surface area contributed by atoms with Crippen LogP contribution in [0.4, 0.5) is 0 Å². The molecule has 1 amide bonds. The molecule has 2 atom stereocenters. The van der Waals surface area contributed by atoms with Gasteiger partial charge in [0.2, 0.25) is 0 Å². The summed E-state index contributed by atoms with van der Waals surface area (Å²) >= 11 is 5.43. The number of fused-ring (bicyclic) bond motifs is 2. The highest BCUT2D eigenvalue weighted by molar-refractivity contribution is 6.27. The molecule has 0 aromatic heterocycles. The van der Waals surface area contributed by atoms with Gasteiger partial charge in [-0.25, -0.2) is 5.43 Å². The summed E-state index contributed by atoms with van der Waals surface area (Å²) in [5.74, 6) is 0.461. The Bertz CT molecular complexity index is 351. The van der Waals surface area contributed by atoms with Crippen LogP contribution in [0.2, 0.25) is 0 Å². The van der Waals surface area contributed by atoms with Crippen LogP contribution in [0.15, 0.2) is 5.10 Å². The third-order valence-electron chi connectivity index (χ3n) is 4.95. The molecule has 16 heavy (non-hydrogen) atoms. The van der Waals surface area contributed by atoms with Gasteiger partial charge in [0.25, 0.3) is 5.91 Å². The summed E-state index contributed by atoms with van der Waals surface area (Å²) in [7, 11) is 0. The highest BCUT2D eigenvalue weighted by atomic mass is 35.5. The molecule has 0 aromatic rings. The van der Waals surface area contributed by atoms with Gasteiger partial charge >= 0.3 is 0 Å². The zero-order valence-corrected chi connectivity index (χ0v) is 10.9. The molecule has 2 fully saturated rings. The fourth-order valence-electron chi connectivity index (χ4n) is 3.26. The number of rotatable bonds is 2. The predicted molar refractivity (Wildman–Crippen MR) is 65.5 cm³/mol. The molecular formula is C12H19ClN2O. The van der Waals surface area contributed by atoms with Crippen molar-refractivity contribution in [3.05, 3.63) is 0 Å². The van der Waals surface area contributed by atoms with Gasteiger partial charge in [-0.2, -0.15) is 5.10 Å². The lowest BCUT2D eigenvalue weighted by atomic mass is 9.70. The predicted octanol–water partition coefficient (Wildman–Crippen LogP) is 2.54. The minimum Gasteiger partial charge on any atom is -0.272 e. The van der Waals surface area contributed by atoms with Crippen LogP contribution in [-0.2, 0) is 4.79 Å². The maximum Gasteiger partial charge on any atom is 0.254 e. The van der Waals surface area contributed by atoms with Crippen LogP contribution in [0.25, 0.3) is 0 Å². The SMILES string of the molecule is CC1(C)[C@@H]2CC[C@]1(C)/C(=N\NC(=O)CCl)C2. The summed E-state index contributed by atoms with van der Waals surface area (Å²) in [5.41, 5.74) is 4.14. The maximum atomic E-state index is 11.1. The first kappa shape index (κ1) is 11.9. The number of halogens is 1. The lowest BCUT2D eigenvalue weighted by Crippen LogP contribution is -2.34. The normalized spacial score (nSPS) is 38.0. The van der Waals surface area contributed by atoms with Crippen LogP contribution < -0.4 is 5.43 Å². The third-order valence-corrected chi connectivity index (χ3v) is 5.19. The topological polar surface area (TPSA) is 41.5 Å². The van der Waals surface area contributed by atoms with E-state index in [2.05, 4.69) is 31.3 Å². The second-order valence-electron chi connectivity index (χ2n) is 5.72. The van der Waals surface area contributed by atoms with E-state index in [0.29, 0.717) is 11.3 Å². The van der Waals surface area contributed by atoms with Gasteiger partial charge in [0, 0.05) is 11.1 Å². The van der Waals surface area contributed by atoms with Gasteiger partial charge in [0.1, 0.15) is 5.88 Å². The Morgan fingerprint density at radius 3 is 2.69 bits per heavy atom. The maximum absolute atomic E-state index is 11.1. The molecule has 0 radical (unpaired) electrons. The van der Waals surface area contributed by atoms with Crippen molar-refractivity contribution in [2.45, 2.75) is 40.0 Å². The van der Waals surface area contributed by atoms with Crippen LogP contribution in [0.5, 0.6) is 0 Å². The quantitative estimate of drug-likeness (QED) is 0.587. The van der Waals surface area contributed by atoms with E-state index in [-0.39, 0.29) is 17.2 Å². The molecule has 2 saturated carbocycles. The lowest BCUT2D eigenvalue weighted by Gasteiger charge is -2.34. The second kappa shape index (κ2) is 3.73. The molecule has 0 aromatic carbocycles. The van der Waals surface area contributed by atoms with E-state index in [4.69, 9.17) is 11.6 Å². The zero-order chi connectivity index (χ0) is 12.0. The smallest absolute Gasteiger partial charge is 0.254 e. The van der Waals surface area contributed by atoms with Crippen molar-refractivity contribution in [3.63, 3.8) is 0 Å². The number of hydrogen-bond donors (Lipinski definition) is 1. The van der Waals surface area contributed by atoms with Crippen LogP contribution in [0, 0.1) is 16.7 Å². The zero-order valence-electron chi connectivity index (χ0n) is 10.1. The van der Waals surface area contributed by atoms with Gasteiger partial charge < -0.3 is 0 Å². The standard InChI is InChI=1S/C12H19ClN2O/c1-11(2)8-4-5-12(11,3)9(6-8)14-15-10(16)7-13/h8H,4-7H2,1-3H3,(H,15,16)/b14-9-/t8-,12-/m1/s1. The number of nitrogens with one attached hydrogen (secondary N) is 1. The minimum atomic E-state index is -0.224. The molecule has 2 bridgehead atoms. The van der Waals surface area contributed by atoms with Crippen LogP contribution in [-0.4, -0.2) is 17.5 Å². The molecular weight excluding hydrogens is 224 g/mol. The first-order valence-electron chi connectivity index (χ1n) is 5.83. The van der Waals surface area contributed by atoms with Crippen molar-refractivity contribution >= 4 is 23.2 Å². The number of carbonyl (C=O) groups excluding carboxylic acids is 1. The van der Waals surface area contributed by atoms with E-state index in [9.17, 15) is 4.79 Å². The summed E-state index contributed by atoms with van der Waals surface area (Å²) in [6.07, 6.45) is 3.48. The van der Waals surface area contributed by atoms with Crippen molar-refractivity contribution in [3.8, 4) is 0 Å². The summed E-state index contributed by atoms with van der Waals surface area (Å²) < 4.78 is 0. The molecule has 0 spiro atoms. The van der Waals surface area contributed by atoms with E-state index in [1.807, 2.05) is 0 Å². The average Bonchev–Trinajstić information content (AvgIpc) is 2.58. The van der Waals surface area contributed by atoms with Crippen molar-refractivity contribution in [2.24, 2.45) is 21.8 Å². The molecule has 3 nitrogen and oxygen atoms in total. The Balaban J connectivity index is 2.18. The van der Waals surface area contributed by atoms with Gasteiger partial charge in [-0.15, -0.1) is 11.6 Å². The van der Waals surface area contributed by atoms with E-state index in [1.165, 1.54) is 12.8 Å². The lowest BCUT2D eigenvalue weighted by molar-refractivity contribution is -0.118. The fourth-order valence-corrected chi connectivity index (χ4v) is 3.32. The molecule has 0 saturated heterocycles. The molecule has 4 heteroatoms. The molecule has 2 aliphatic carbocycles. The number of nitrogens with zero attached hydrogens (tertiary/aromatic N) is 1. The molecule has 90 valence electrons. The number of carbonyl (C=O) groups is 1. The van der Waals surface area contributed by atoms with Crippen molar-refractivity contribution in [1.29, 1.82) is 0 Å². The van der Waals surface area contributed by atoms with Gasteiger partial charge in [-0.1, -0.05) is 20.8 Å². The largest absolute Gasteiger partial charge is 0.272 e. The highest BCUT2D eigenvalue weighted by Crippen LogP contribution is 2.63. The van der Waals surface area contributed by atoms with Crippen LogP contribution in [0.1, 0.15) is 40.0 Å². The first-order valence-corrected chi connectivity index (χ1v) is 6.37. The Hall–Kier alpha value is -0.570. The third kappa shape index (κ3) is 1.48. The van der Waals surface area contributed by atoms with E-state index in [0.717, 1.165) is 12.1 Å². The molecule has 0 unspecified atom stereocenters. The summed E-state index contributed by atoms with van der Waals surface area (Å²) in [6, 6.07) is 0. The second-order valence-corrected chi connectivity index (χ2v) is 5.99. The van der Waals surface area contributed by atoms with E-state index >= 15 is 0 Å². The molecule has 0 aliphatic heterocycles. The summed E-state index contributed by atoms with van der Waals surface area (Å²) in [4.78, 5) is 11.1. The summed E-state index contributed by atoms with van der Waals surface area (Å²) in [5, 5.41) is 4.28. The van der Waals surface area contributed by atoms with Crippen molar-refractivity contribution in [1.82, 2.24) is 5.43 Å². The van der Waals surface area contributed by atoms with Gasteiger partial charge in [0.15, 0.2) is 0 Å². The molecule has 2 rings (SSSR count). The Kier molecular flexibility index (Phi) is 2.77. The Morgan fingerprint density at radius 1 is 1.56 bits per heavy atom. The molecule has 0 heterocycles. The van der Waals surface area contributed by atoms with E-state index < -0.39 is 0 Å². The Morgan fingerprint density at radius 2 is 2.25 bits per heavy atom. The van der Waals surface area contributed by atoms with Gasteiger partial charge in [-0.3, -0.25) is 4.79 Å². The van der Waals surface area contributed by atoms with Crippen LogP contribution >= 0.6 is 11.6 Å². The van der Waals surface area contributed by atoms with Gasteiger partial charge in [-0.05, 0) is 30.6 Å². The van der Waals surface area contributed by atoms with Crippen LogP contribution in [0.3, 0.4) is 0 Å². The molecule has 2 aliphatic rings. The van der Waals surface area contributed by atoms with Crippen molar-refractivity contribution in [2.75, 3.05) is 5.88 Å². The Labute approximate surface area is 102 Å². The minimum absolute atomic E-state index is 0.0275. The fraction of sp³-hybridized carbons (Fsp3) is 0.833.